The predicted octanol–water partition coefficient (Wildman–Crippen LogP) is 4.22. The van der Waals surface area contributed by atoms with Crippen LogP contribution < -0.4 is 0 Å². The standard InChI is InChI=1S/C14H17ClO2S/c15-12-7-3-1-5-10(12)9-18-13-8-4-2-6-11(13)14(16)17/h1,3,5,7,11,13H,2,4,6,8-9H2,(H,16,17). The van der Waals surface area contributed by atoms with E-state index in [1.54, 1.807) is 11.8 Å². The van der Waals surface area contributed by atoms with Crippen LogP contribution in [0.3, 0.4) is 0 Å². The monoisotopic (exact) mass is 284 g/mol. The maximum atomic E-state index is 11.2. The van der Waals surface area contributed by atoms with Gasteiger partial charge in [0.1, 0.15) is 0 Å². The fourth-order valence-electron chi connectivity index (χ4n) is 2.39. The van der Waals surface area contributed by atoms with Gasteiger partial charge < -0.3 is 5.11 Å². The summed E-state index contributed by atoms with van der Waals surface area (Å²) in [5.41, 5.74) is 1.10. The van der Waals surface area contributed by atoms with Crippen LogP contribution in [-0.2, 0) is 10.5 Å². The van der Waals surface area contributed by atoms with Gasteiger partial charge >= 0.3 is 5.97 Å². The Kier molecular flexibility index (Phi) is 4.95. The van der Waals surface area contributed by atoms with E-state index in [0.29, 0.717) is 0 Å². The highest BCUT2D eigenvalue weighted by atomic mass is 35.5. The van der Waals surface area contributed by atoms with E-state index in [1.165, 1.54) is 0 Å². The molecule has 1 fully saturated rings. The minimum Gasteiger partial charge on any atom is -0.481 e. The normalized spacial score (nSPS) is 23.8. The topological polar surface area (TPSA) is 37.3 Å². The Balaban J connectivity index is 1.96. The van der Waals surface area contributed by atoms with Crippen molar-refractivity contribution < 1.29 is 9.90 Å². The Morgan fingerprint density at radius 2 is 2.06 bits per heavy atom. The number of rotatable bonds is 4. The van der Waals surface area contributed by atoms with Crippen LogP contribution in [0.1, 0.15) is 31.2 Å². The lowest BCUT2D eigenvalue weighted by Crippen LogP contribution is -2.29. The zero-order valence-corrected chi connectivity index (χ0v) is 11.7. The van der Waals surface area contributed by atoms with E-state index in [9.17, 15) is 9.90 Å². The molecule has 1 aliphatic carbocycles. The maximum absolute atomic E-state index is 11.2. The first-order chi connectivity index (χ1) is 8.68. The summed E-state index contributed by atoms with van der Waals surface area (Å²) in [5.74, 6) is -0.0358. The third-order valence-corrected chi connectivity index (χ3v) is 5.27. The van der Waals surface area contributed by atoms with E-state index < -0.39 is 5.97 Å². The number of thioether (sulfide) groups is 1. The summed E-state index contributed by atoms with van der Waals surface area (Å²) in [6.07, 6.45) is 4.01. The van der Waals surface area contributed by atoms with E-state index >= 15 is 0 Å². The molecule has 0 bridgehead atoms. The van der Waals surface area contributed by atoms with Crippen molar-refractivity contribution in [1.29, 1.82) is 0 Å². The number of hydrogen-bond donors (Lipinski definition) is 1. The van der Waals surface area contributed by atoms with Gasteiger partial charge in [-0.25, -0.2) is 0 Å². The highest BCUT2D eigenvalue weighted by Crippen LogP contribution is 2.36. The number of aliphatic carboxylic acids is 1. The number of benzene rings is 1. The molecule has 4 heteroatoms. The van der Waals surface area contributed by atoms with Crippen LogP contribution >= 0.6 is 23.4 Å². The SMILES string of the molecule is O=C(O)C1CCCCC1SCc1ccccc1Cl. The summed E-state index contributed by atoms with van der Waals surface area (Å²) in [5, 5.41) is 10.2. The molecule has 2 atom stereocenters. The molecule has 0 heterocycles. The van der Waals surface area contributed by atoms with Crippen LogP contribution in [0, 0.1) is 5.92 Å². The van der Waals surface area contributed by atoms with Gasteiger partial charge in [0.25, 0.3) is 0 Å². The molecule has 1 aliphatic rings. The van der Waals surface area contributed by atoms with Gasteiger partial charge in [0, 0.05) is 16.0 Å². The summed E-state index contributed by atoms with van der Waals surface area (Å²) in [6, 6.07) is 7.77. The van der Waals surface area contributed by atoms with Crippen LogP contribution in [0.5, 0.6) is 0 Å². The number of carbonyl (C=O) groups is 1. The van der Waals surface area contributed by atoms with Crippen molar-refractivity contribution in [3.05, 3.63) is 34.9 Å². The summed E-state index contributed by atoms with van der Waals surface area (Å²) < 4.78 is 0. The van der Waals surface area contributed by atoms with Crippen molar-refractivity contribution in [2.45, 2.75) is 36.7 Å². The molecular weight excluding hydrogens is 268 g/mol. The zero-order chi connectivity index (χ0) is 13.0. The Morgan fingerprint density at radius 3 is 2.78 bits per heavy atom. The molecule has 2 nitrogen and oxygen atoms in total. The minimum absolute atomic E-state index is 0.189. The largest absolute Gasteiger partial charge is 0.481 e. The average molecular weight is 285 g/mol. The Hall–Kier alpha value is -0.670. The van der Waals surface area contributed by atoms with Crippen molar-refractivity contribution in [3.63, 3.8) is 0 Å². The molecule has 1 saturated carbocycles. The van der Waals surface area contributed by atoms with E-state index in [-0.39, 0.29) is 11.2 Å². The van der Waals surface area contributed by atoms with Gasteiger partial charge in [-0.15, -0.1) is 0 Å². The van der Waals surface area contributed by atoms with Crippen molar-refractivity contribution in [2.75, 3.05) is 0 Å². The molecule has 2 rings (SSSR count). The van der Waals surface area contributed by atoms with Crippen molar-refractivity contribution in [3.8, 4) is 0 Å². The molecule has 0 aliphatic heterocycles. The fraction of sp³-hybridized carbons (Fsp3) is 0.500. The van der Waals surface area contributed by atoms with E-state index in [2.05, 4.69) is 0 Å². The lowest BCUT2D eigenvalue weighted by atomic mass is 9.89. The van der Waals surface area contributed by atoms with Crippen molar-refractivity contribution >= 4 is 29.3 Å². The first-order valence-electron chi connectivity index (χ1n) is 6.26. The summed E-state index contributed by atoms with van der Waals surface area (Å²) >= 11 is 7.85. The van der Waals surface area contributed by atoms with Gasteiger partial charge in [-0.1, -0.05) is 42.6 Å². The number of halogens is 1. The highest BCUT2D eigenvalue weighted by Gasteiger charge is 2.30. The zero-order valence-electron chi connectivity index (χ0n) is 10.1. The van der Waals surface area contributed by atoms with Crippen LogP contribution in [0.25, 0.3) is 0 Å². The van der Waals surface area contributed by atoms with Crippen molar-refractivity contribution in [2.24, 2.45) is 5.92 Å². The smallest absolute Gasteiger partial charge is 0.307 e. The summed E-state index contributed by atoms with van der Waals surface area (Å²) in [4.78, 5) is 11.2. The molecule has 98 valence electrons. The molecule has 1 aromatic carbocycles. The van der Waals surface area contributed by atoms with E-state index in [1.807, 2.05) is 24.3 Å². The number of hydrogen-bond acceptors (Lipinski definition) is 2. The van der Waals surface area contributed by atoms with Gasteiger partial charge in [-0.3, -0.25) is 4.79 Å². The quantitative estimate of drug-likeness (QED) is 0.899. The highest BCUT2D eigenvalue weighted by molar-refractivity contribution is 7.99. The van der Waals surface area contributed by atoms with E-state index in [4.69, 9.17) is 11.6 Å². The molecule has 0 amide bonds. The first kappa shape index (κ1) is 13.8. The Labute approximate surface area is 117 Å². The number of carboxylic acid groups (broad SMARTS) is 1. The minimum atomic E-state index is -0.647. The first-order valence-corrected chi connectivity index (χ1v) is 7.69. The Bertz CT molecular complexity index is 422. The van der Waals surface area contributed by atoms with Crippen LogP contribution in [0.2, 0.25) is 5.02 Å². The summed E-state index contributed by atoms with van der Waals surface area (Å²) in [7, 11) is 0. The second kappa shape index (κ2) is 6.48. The fourth-order valence-corrected chi connectivity index (χ4v) is 4.14. The van der Waals surface area contributed by atoms with Crippen LogP contribution in [0.15, 0.2) is 24.3 Å². The second-order valence-corrected chi connectivity index (χ2v) is 6.30. The Morgan fingerprint density at radius 1 is 1.33 bits per heavy atom. The molecule has 0 radical (unpaired) electrons. The average Bonchev–Trinajstić information content (AvgIpc) is 2.38. The molecule has 18 heavy (non-hydrogen) atoms. The summed E-state index contributed by atoms with van der Waals surface area (Å²) in [6.45, 7) is 0. The molecular formula is C14H17ClO2S. The predicted molar refractivity (Wildman–Crippen MR) is 76.1 cm³/mol. The molecule has 0 spiro atoms. The molecule has 1 aromatic rings. The lowest BCUT2D eigenvalue weighted by Gasteiger charge is -2.28. The van der Waals surface area contributed by atoms with Gasteiger partial charge in [0.15, 0.2) is 0 Å². The van der Waals surface area contributed by atoms with Crippen molar-refractivity contribution in [1.82, 2.24) is 0 Å². The lowest BCUT2D eigenvalue weighted by molar-refractivity contribution is -0.142. The molecule has 2 unspecified atom stereocenters. The van der Waals surface area contributed by atoms with Crippen LogP contribution in [-0.4, -0.2) is 16.3 Å². The van der Waals surface area contributed by atoms with Gasteiger partial charge in [0.2, 0.25) is 0 Å². The van der Waals surface area contributed by atoms with Crippen LogP contribution in [0.4, 0.5) is 0 Å². The van der Waals surface area contributed by atoms with Gasteiger partial charge in [0.05, 0.1) is 5.92 Å². The van der Waals surface area contributed by atoms with E-state index in [0.717, 1.165) is 42.0 Å². The molecule has 0 aromatic heterocycles. The number of carboxylic acids is 1. The second-order valence-electron chi connectivity index (χ2n) is 4.67. The maximum Gasteiger partial charge on any atom is 0.307 e. The molecule has 1 N–H and O–H groups in total. The van der Waals surface area contributed by atoms with Gasteiger partial charge in [-0.2, -0.15) is 11.8 Å². The third kappa shape index (κ3) is 3.42. The van der Waals surface area contributed by atoms with Gasteiger partial charge in [-0.05, 0) is 24.5 Å². The third-order valence-electron chi connectivity index (χ3n) is 3.43. The molecule has 0 saturated heterocycles.